The topological polar surface area (TPSA) is 43.1 Å². The summed E-state index contributed by atoms with van der Waals surface area (Å²) in [5, 5.41) is 8.84. The first-order valence-corrected chi connectivity index (χ1v) is 3.97. The molecule has 4 nitrogen and oxygen atoms in total. The van der Waals surface area contributed by atoms with Gasteiger partial charge in [-0.15, -0.1) is 10.2 Å². The van der Waals surface area contributed by atoms with Gasteiger partial charge in [-0.05, 0) is 12.1 Å². The van der Waals surface area contributed by atoms with Gasteiger partial charge in [0.05, 0.1) is 5.52 Å². The van der Waals surface area contributed by atoms with Crippen LogP contribution in [0.15, 0.2) is 36.9 Å². The molecule has 0 unspecified atom stereocenters. The predicted molar refractivity (Wildman–Crippen MR) is 48.3 cm³/mol. The summed E-state index contributed by atoms with van der Waals surface area (Å²) in [5.74, 6) is 0. The normalized spacial score (nSPS) is 11.1. The lowest BCUT2D eigenvalue weighted by Crippen LogP contribution is -1.85. The summed E-state index contributed by atoms with van der Waals surface area (Å²) >= 11 is 0. The Balaban J connectivity index is 2.57. The zero-order valence-corrected chi connectivity index (χ0v) is 6.75. The molecule has 0 saturated carbocycles. The first kappa shape index (κ1) is 6.54. The highest BCUT2D eigenvalue weighted by molar-refractivity contribution is 5.80. The Bertz CT molecular complexity index is 520. The maximum atomic E-state index is 4.23. The third-order valence-corrected chi connectivity index (χ3v) is 2.02. The van der Waals surface area contributed by atoms with Gasteiger partial charge in [-0.1, -0.05) is 0 Å². The van der Waals surface area contributed by atoms with E-state index in [0.29, 0.717) is 0 Å². The summed E-state index contributed by atoms with van der Waals surface area (Å²) in [5.41, 5.74) is 1.77. The van der Waals surface area contributed by atoms with Gasteiger partial charge in [-0.25, -0.2) is 0 Å². The molecule has 0 fully saturated rings. The Hall–Kier alpha value is -1.97. The summed E-state index contributed by atoms with van der Waals surface area (Å²) in [6, 6.07) is 5.85. The van der Waals surface area contributed by atoms with Gasteiger partial charge in [-0.2, -0.15) is 0 Å². The Morgan fingerprint density at radius 3 is 3.31 bits per heavy atom. The lowest BCUT2D eigenvalue weighted by Gasteiger charge is -1.96. The summed E-state index contributed by atoms with van der Waals surface area (Å²) in [6.45, 7) is 0. The van der Waals surface area contributed by atoms with Crippen LogP contribution in [0.25, 0.3) is 16.6 Å². The van der Waals surface area contributed by atoms with Crippen LogP contribution in [0.2, 0.25) is 0 Å². The maximum Gasteiger partial charge on any atom is 0.162 e. The lowest BCUT2D eigenvalue weighted by molar-refractivity contribution is 1.10. The van der Waals surface area contributed by atoms with Crippen molar-refractivity contribution in [1.29, 1.82) is 0 Å². The highest BCUT2D eigenvalue weighted by atomic mass is 15.2. The zero-order chi connectivity index (χ0) is 8.67. The van der Waals surface area contributed by atoms with E-state index in [1.54, 1.807) is 12.5 Å². The number of hydrogen-bond donors (Lipinski definition) is 0. The van der Waals surface area contributed by atoms with E-state index in [-0.39, 0.29) is 0 Å². The number of rotatable bonds is 0. The van der Waals surface area contributed by atoms with Crippen molar-refractivity contribution < 1.29 is 0 Å². The minimum absolute atomic E-state index is 0.825. The van der Waals surface area contributed by atoms with Crippen molar-refractivity contribution in [2.24, 2.45) is 0 Å². The van der Waals surface area contributed by atoms with Crippen LogP contribution in [-0.2, 0) is 0 Å². The summed E-state index contributed by atoms with van der Waals surface area (Å²) in [6.07, 6.45) is 5.43. The average molecular weight is 170 g/mol. The zero-order valence-electron chi connectivity index (χ0n) is 6.75. The van der Waals surface area contributed by atoms with Crippen molar-refractivity contribution in [3.05, 3.63) is 36.9 Å². The summed E-state index contributed by atoms with van der Waals surface area (Å²) in [4.78, 5) is 4.23. The van der Waals surface area contributed by atoms with E-state index in [0.717, 1.165) is 16.6 Å². The molecule has 0 atom stereocenters. The lowest BCUT2D eigenvalue weighted by atomic mass is 10.3. The van der Waals surface area contributed by atoms with Crippen molar-refractivity contribution in [2.75, 3.05) is 0 Å². The fourth-order valence-corrected chi connectivity index (χ4v) is 1.39. The molecular weight excluding hydrogens is 164 g/mol. The first-order valence-electron chi connectivity index (χ1n) is 3.97. The van der Waals surface area contributed by atoms with E-state index in [9.17, 15) is 0 Å². The Morgan fingerprint density at radius 2 is 2.31 bits per heavy atom. The van der Waals surface area contributed by atoms with Crippen molar-refractivity contribution in [3.8, 4) is 0 Å². The van der Waals surface area contributed by atoms with Crippen molar-refractivity contribution in [3.63, 3.8) is 0 Å². The van der Waals surface area contributed by atoms with E-state index in [1.807, 2.05) is 28.8 Å². The van der Waals surface area contributed by atoms with E-state index in [1.165, 1.54) is 0 Å². The molecule has 3 aromatic rings. The summed E-state index contributed by atoms with van der Waals surface area (Å²) in [7, 11) is 0. The van der Waals surface area contributed by atoms with Crippen LogP contribution < -0.4 is 0 Å². The monoisotopic (exact) mass is 170 g/mol. The van der Waals surface area contributed by atoms with Crippen LogP contribution in [0.1, 0.15) is 0 Å². The van der Waals surface area contributed by atoms with Gasteiger partial charge in [0.15, 0.2) is 5.65 Å². The molecule has 0 saturated heterocycles. The number of aromatic nitrogens is 4. The average Bonchev–Trinajstić information content (AvgIpc) is 2.61. The minimum atomic E-state index is 0.825. The molecule has 0 N–H and O–H groups in total. The van der Waals surface area contributed by atoms with Gasteiger partial charge in [0, 0.05) is 23.8 Å². The van der Waals surface area contributed by atoms with Gasteiger partial charge in [0.2, 0.25) is 0 Å². The Kier molecular flexibility index (Phi) is 1.14. The third kappa shape index (κ3) is 0.885. The Morgan fingerprint density at radius 1 is 1.31 bits per heavy atom. The number of fused-ring (bicyclic) bond motifs is 2. The van der Waals surface area contributed by atoms with Crippen LogP contribution in [0, 0.1) is 0 Å². The molecular formula is C9H6N4. The highest BCUT2D eigenvalue weighted by Gasteiger charge is 1.98. The van der Waals surface area contributed by atoms with E-state index < -0.39 is 0 Å². The molecule has 62 valence electrons. The molecule has 13 heavy (non-hydrogen) atoms. The predicted octanol–water partition coefficient (Wildman–Crippen LogP) is 1.28. The smallest absolute Gasteiger partial charge is 0.162 e. The van der Waals surface area contributed by atoms with Crippen molar-refractivity contribution >= 4 is 16.6 Å². The van der Waals surface area contributed by atoms with Gasteiger partial charge in [-0.3, -0.25) is 9.38 Å². The van der Waals surface area contributed by atoms with Crippen LogP contribution in [0.4, 0.5) is 0 Å². The fraction of sp³-hybridized carbons (Fsp3) is 0. The quantitative estimate of drug-likeness (QED) is 0.510. The molecule has 0 aromatic carbocycles. The number of pyridine rings is 2. The molecule has 3 aromatic heterocycles. The minimum Gasteiger partial charge on any atom is -0.288 e. The SMILES string of the molecule is c1cnc2cc3nncn3cc2c1. The summed E-state index contributed by atoms with van der Waals surface area (Å²) < 4.78 is 1.88. The molecule has 0 amide bonds. The second kappa shape index (κ2) is 2.26. The van der Waals surface area contributed by atoms with Crippen LogP contribution in [0.3, 0.4) is 0 Å². The largest absolute Gasteiger partial charge is 0.288 e. The van der Waals surface area contributed by atoms with Crippen LogP contribution >= 0.6 is 0 Å². The third-order valence-electron chi connectivity index (χ3n) is 2.02. The van der Waals surface area contributed by atoms with Crippen molar-refractivity contribution in [2.45, 2.75) is 0 Å². The van der Waals surface area contributed by atoms with Gasteiger partial charge >= 0.3 is 0 Å². The van der Waals surface area contributed by atoms with E-state index >= 15 is 0 Å². The molecule has 0 bridgehead atoms. The van der Waals surface area contributed by atoms with Crippen LogP contribution in [-0.4, -0.2) is 19.6 Å². The molecule has 0 radical (unpaired) electrons. The number of nitrogens with zero attached hydrogens (tertiary/aromatic N) is 4. The van der Waals surface area contributed by atoms with Gasteiger partial charge in [0.25, 0.3) is 0 Å². The molecule has 0 aliphatic rings. The molecule has 0 aliphatic heterocycles. The molecule has 0 aliphatic carbocycles. The van der Waals surface area contributed by atoms with Crippen molar-refractivity contribution in [1.82, 2.24) is 19.6 Å². The first-order chi connectivity index (χ1) is 6.43. The maximum absolute atomic E-state index is 4.23. The van der Waals surface area contributed by atoms with Gasteiger partial charge < -0.3 is 0 Å². The Labute approximate surface area is 73.9 Å². The van der Waals surface area contributed by atoms with E-state index in [4.69, 9.17) is 0 Å². The van der Waals surface area contributed by atoms with E-state index in [2.05, 4.69) is 15.2 Å². The standard InChI is InChI=1S/C9H6N4/c1-2-7-5-13-6-11-12-9(13)4-8(7)10-3-1/h1-6H. The van der Waals surface area contributed by atoms with Crippen LogP contribution in [0.5, 0.6) is 0 Å². The molecule has 3 heterocycles. The molecule has 0 spiro atoms. The van der Waals surface area contributed by atoms with Gasteiger partial charge in [0.1, 0.15) is 6.33 Å². The molecule has 4 heteroatoms. The fourth-order valence-electron chi connectivity index (χ4n) is 1.39. The molecule has 3 rings (SSSR count). The second-order valence-electron chi connectivity index (χ2n) is 2.85. The highest BCUT2D eigenvalue weighted by Crippen LogP contribution is 2.11. The number of hydrogen-bond acceptors (Lipinski definition) is 3. The second-order valence-corrected chi connectivity index (χ2v) is 2.85.